The molecule has 6 nitrogen and oxygen atoms in total. The summed E-state index contributed by atoms with van der Waals surface area (Å²) in [6.45, 7) is 6.57. The van der Waals surface area contributed by atoms with Crippen molar-refractivity contribution in [3.8, 4) is 0 Å². The molecule has 2 heterocycles. The highest BCUT2D eigenvalue weighted by molar-refractivity contribution is 5.92. The van der Waals surface area contributed by atoms with Gasteiger partial charge in [-0.1, -0.05) is 20.8 Å². The Balaban J connectivity index is 2.14. The van der Waals surface area contributed by atoms with E-state index in [9.17, 15) is 19.5 Å². The first kappa shape index (κ1) is 15.8. The van der Waals surface area contributed by atoms with Crippen molar-refractivity contribution in [2.24, 2.45) is 5.41 Å². The smallest absolute Gasteiger partial charge is 0.326 e. The van der Waals surface area contributed by atoms with Crippen molar-refractivity contribution in [2.75, 3.05) is 13.1 Å². The molecule has 2 atom stereocenters. The molecule has 2 aliphatic heterocycles. The fourth-order valence-corrected chi connectivity index (χ4v) is 3.18. The third kappa shape index (κ3) is 3.04. The van der Waals surface area contributed by atoms with E-state index in [0.29, 0.717) is 32.4 Å². The van der Waals surface area contributed by atoms with Gasteiger partial charge < -0.3 is 14.9 Å². The number of carboxylic acid groups (broad SMARTS) is 1. The number of hydrogen-bond acceptors (Lipinski definition) is 3. The average molecular weight is 296 g/mol. The summed E-state index contributed by atoms with van der Waals surface area (Å²) in [7, 11) is 0. The van der Waals surface area contributed by atoms with Gasteiger partial charge in [0.1, 0.15) is 12.1 Å². The van der Waals surface area contributed by atoms with Gasteiger partial charge in [0.2, 0.25) is 11.8 Å². The molecule has 6 heteroatoms. The van der Waals surface area contributed by atoms with E-state index in [1.165, 1.54) is 4.90 Å². The molecule has 2 rings (SSSR count). The predicted octanol–water partition coefficient (Wildman–Crippen LogP) is 1.10. The number of hydrogen-bond donors (Lipinski definition) is 1. The van der Waals surface area contributed by atoms with Gasteiger partial charge in [-0.15, -0.1) is 0 Å². The summed E-state index contributed by atoms with van der Waals surface area (Å²) in [4.78, 5) is 39.4. The lowest BCUT2D eigenvalue weighted by molar-refractivity contribution is -0.153. The van der Waals surface area contributed by atoms with Crippen LogP contribution < -0.4 is 0 Å². The summed E-state index contributed by atoms with van der Waals surface area (Å²) in [6.07, 6.45) is 2.64. The molecule has 0 aliphatic carbocycles. The maximum Gasteiger partial charge on any atom is 0.326 e. The number of rotatable bonds is 2. The molecule has 0 spiro atoms. The van der Waals surface area contributed by atoms with E-state index in [1.54, 1.807) is 4.90 Å². The van der Waals surface area contributed by atoms with Gasteiger partial charge in [-0.2, -0.15) is 0 Å². The number of carboxylic acids is 1. The van der Waals surface area contributed by atoms with Crippen molar-refractivity contribution < 1.29 is 19.5 Å². The number of carbonyl (C=O) groups excluding carboxylic acids is 2. The summed E-state index contributed by atoms with van der Waals surface area (Å²) in [5, 5.41) is 9.21. The predicted molar refractivity (Wildman–Crippen MR) is 76.6 cm³/mol. The van der Waals surface area contributed by atoms with Gasteiger partial charge in [0, 0.05) is 18.5 Å². The molecule has 2 unspecified atom stereocenters. The maximum absolute atomic E-state index is 12.7. The normalized spacial score (nSPS) is 26.2. The van der Waals surface area contributed by atoms with Crippen LogP contribution in [0.5, 0.6) is 0 Å². The van der Waals surface area contributed by atoms with Crippen LogP contribution in [0.25, 0.3) is 0 Å². The Labute approximate surface area is 125 Å². The van der Waals surface area contributed by atoms with E-state index in [4.69, 9.17) is 0 Å². The highest BCUT2D eigenvalue weighted by Gasteiger charge is 2.43. The van der Waals surface area contributed by atoms with Crippen LogP contribution in [0.3, 0.4) is 0 Å². The lowest BCUT2D eigenvalue weighted by atomic mass is 9.94. The lowest BCUT2D eigenvalue weighted by Gasteiger charge is -2.33. The Bertz CT molecular complexity index is 455. The van der Waals surface area contributed by atoms with Crippen molar-refractivity contribution in [2.45, 2.75) is 58.5 Å². The molecule has 118 valence electrons. The highest BCUT2D eigenvalue weighted by Crippen LogP contribution is 2.28. The van der Waals surface area contributed by atoms with Crippen LogP contribution >= 0.6 is 0 Å². The fourth-order valence-electron chi connectivity index (χ4n) is 3.18. The number of likely N-dealkylation sites (tertiary alicyclic amines) is 2. The average Bonchev–Trinajstić information content (AvgIpc) is 3.04. The van der Waals surface area contributed by atoms with Crippen LogP contribution in [0.4, 0.5) is 0 Å². The molecular formula is C15H24N2O4. The van der Waals surface area contributed by atoms with Crippen LogP contribution in [0, 0.1) is 5.41 Å². The molecule has 2 amide bonds. The molecular weight excluding hydrogens is 272 g/mol. The lowest BCUT2D eigenvalue weighted by Crippen LogP contribution is -2.52. The molecule has 1 N–H and O–H groups in total. The zero-order valence-electron chi connectivity index (χ0n) is 13.0. The Hall–Kier alpha value is -1.59. The van der Waals surface area contributed by atoms with Gasteiger partial charge in [0.25, 0.3) is 0 Å². The molecule has 2 saturated heterocycles. The van der Waals surface area contributed by atoms with E-state index < -0.39 is 23.5 Å². The van der Waals surface area contributed by atoms with Gasteiger partial charge in [-0.3, -0.25) is 9.59 Å². The van der Waals surface area contributed by atoms with Crippen molar-refractivity contribution in [1.82, 2.24) is 9.80 Å². The molecule has 0 aromatic carbocycles. The number of amides is 2. The topological polar surface area (TPSA) is 77.9 Å². The fraction of sp³-hybridized carbons (Fsp3) is 0.800. The SMILES string of the molecule is CC(C)(C)C(=O)N1CCCC1C(=O)N1CCCC1C(=O)O. The van der Waals surface area contributed by atoms with Gasteiger partial charge in [0.15, 0.2) is 0 Å². The van der Waals surface area contributed by atoms with E-state index in [-0.39, 0.29) is 11.8 Å². The van der Waals surface area contributed by atoms with Crippen LogP contribution in [0.15, 0.2) is 0 Å². The molecule has 2 aliphatic rings. The van der Waals surface area contributed by atoms with E-state index in [1.807, 2.05) is 20.8 Å². The summed E-state index contributed by atoms with van der Waals surface area (Å²) in [5.41, 5.74) is -0.528. The summed E-state index contributed by atoms with van der Waals surface area (Å²) < 4.78 is 0. The first-order valence-corrected chi connectivity index (χ1v) is 7.58. The van der Waals surface area contributed by atoms with Crippen LogP contribution in [0.2, 0.25) is 0 Å². The quantitative estimate of drug-likeness (QED) is 0.827. The Kier molecular flexibility index (Phi) is 4.25. The number of carbonyl (C=O) groups is 3. The monoisotopic (exact) mass is 296 g/mol. The first-order valence-electron chi connectivity index (χ1n) is 7.58. The van der Waals surface area contributed by atoms with E-state index in [0.717, 1.165) is 6.42 Å². The molecule has 21 heavy (non-hydrogen) atoms. The van der Waals surface area contributed by atoms with Gasteiger partial charge >= 0.3 is 5.97 Å². The summed E-state index contributed by atoms with van der Waals surface area (Å²) in [5.74, 6) is -1.19. The highest BCUT2D eigenvalue weighted by atomic mass is 16.4. The summed E-state index contributed by atoms with van der Waals surface area (Å²) in [6, 6.07) is -1.22. The molecule has 0 bridgehead atoms. The molecule has 0 saturated carbocycles. The third-order valence-corrected chi connectivity index (χ3v) is 4.26. The Morgan fingerprint density at radius 3 is 2.00 bits per heavy atom. The molecule has 0 aromatic heterocycles. The zero-order valence-corrected chi connectivity index (χ0v) is 13.0. The largest absolute Gasteiger partial charge is 0.480 e. The van der Waals surface area contributed by atoms with E-state index >= 15 is 0 Å². The number of nitrogens with zero attached hydrogens (tertiary/aromatic N) is 2. The minimum Gasteiger partial charge on any atom is -0.480 e. The Morgan fingerprint density at radius 2 is 1.48 bits per heavy atom. The maximum atomic E-state index is 12.7. The van der Waals surface area contributed by atoms with Crippen molar-refractivity contribution in [1.29, 1.82) is 0 Å². The second-order valence-corrected chi connectivity index (χ2v) is 6.93. The van der Waals surface area contributed by atoms with Crippen molar-refractivity contribution in [3.63, 3.8) is 0 Å². The Morgan fingerprint density at radius 1 is 0.952 bits per heavy atom. The standard InChI is InChI=1S/C15H24N2O4/c1-15(2,3)14(21)17-9-4-6-10(17)12(18)16-8-5-7-11(16)13(19)20/h10-11H,4-9H2,1-3H3,(H,19,20). The first-order chi connectivity index (χ1) is 9.73. The zero-order chi connectivity index (χ0) is 15.8. The molecule has 2 fully saturated rings. The van der Waals surface area contributed by atoms with E-state index in [2.05, 4.69) is 0 Å². The number of aliphatic carboxylic acids is 1. The summed E-state index contributed by atoms with van der Waals surface area (Å²) >= 11 is 0. The molecule has 0 aromatic rings. The van der Waals surface area contributed by atoms with Crippen LogP contribution in [-0.4, -0.2) is 57.9 Å². The minimum absolute atomic E-state index is 0.0376. The van der Waals surface area contributed by atoms with Crippen LogP contribution in [-0.2, 0) is 14.4 Å². The van der Waals surface area contributed by atoms with Crippen molar-refractivity contribution >= 4 is 17.8 Å². The second-order valence-electron chi connectivity index (χ2n) is 6.93. The molecule has 0 radical (unpaired) electrons. The van der Waals surface area contributed by atoms with Crippen LogP contribution in [0.1, 0.15) is 46.5 Å². The minimum atomic E-state index is -0.951. The van der Waals surface area contributed by atoms with Crippen molar-refractivity contribution in [3.05, 3.63) is 0 Å². The van der Waals surface area contributed by atoms with Gasteiger partial charge in [0.05, 0.1) is 0 Å². The second kappa shape index (κ2) is 5.66. The third-order valence-electron chi connectivity index (χ3n) is 4.26. The van der Waals surface area contributed by atoms with Gasteiger partial charge in [-0.25, -0.2) is 4.79 Å². The van der Waals surface area contributed by atoms with Gasteiger partial charge in [-0.05, 0) is 25.7 Å².